The quantitative estimate of drug-likeness (QED) is 0.203. The Labute approximate surface area is 261 Å². The third-order valence-electron chi connectivity index (χ3n) is 7.93. The number of aromatic nitrogens is 2. The summed E-state index contributed by atoms with van der Waals surface area (Å²) in [6, 6.07) is 4.95. The van der Waals surface area contributed by atoms with Crippen LogP contribution in [0.5, 0.6) is 5.75 Å². The molecule has 0 spiro atoms. The number of carboxylic acid groups (broad SMARTS) is 1. The molecule has 0 aliphatic heterocycles. The van der Waals surface area contributed by atoms with Crippen LogP contribution in [-0.2, 0) is 4.79 Å². The molecule has 1 aromatic carbocycles. The molecule has 1 aliphatic rings. The summed E-state index contributed by atoms with van der Waals surface area (Å²) in [5.41, 5.74) is 1.85. The van der Waals surface area contributed by atoms with Gasteiger partial charge in [0.15, 0.2) is 17.3 Å². The van der Waals surface area contributed by atoms with Crippen LogP contribution in [0.1, 0.15) is 77.6 Å². The second-order valence-corrected chi connectivity index (χ2v) is 13.1. The van der Waals surface area contributed by atoms with Gasteiger partial charge in [-0.05, 0) is 83.6 Å². The Morgan fingerprint density at radius 1 is 1.09 bits per heavy atom. The van der Waals surface area contributed by atoms with Crippen LogP contribution in [0.15, 0.2) is 30.5 Å². The van der Waals surface area contributed by atoms with Gasteiger partial charge in [-0.25, -0.2) is 14.2 Å². The maximum Gasteiger partial charge on any atom is 0.408 e. The monoisotopic (exact) mass is 627 g/mol. The van der Waals surface area contributed by atoms with Gasteiger partial charge in [-0.1, -0.05) is 25.4 Å². The Bertz CT molecular complexity index is 1560. The molecule has 1 atom stereocenters. The largest absolute Gasteiger partial charge is 0.504 e. The highest BCUT2D eigenvalue weighted by Crippen LogP contribution is 2.35. The predicted molar refractivity (Wildman–Crippen MR) is 168 cm³/mol. The number of benzene rings is 1. The van der Waals surface area contributed by atoms with E-state index >= 15 is 0 Å². The molecule has 1 aliphatic carbocycles. The number of hydrogen-bond acceptors (Lipinski definition) is 7. The molecule has 1 fully saturated rings. The SMILES string of the molecule is CC(=O)c1cnc2ccc(-c3cc(F)c(O)c(Cl)c3)nc2c1N[C@H]1CC[C@H](NC(=O)C(C(C)C)N(C(=O)O)C(C)(C)C)CC1. The number of hydrogen-bond donors (Lipinski definition) is 4. The summed E-state index contributed by atoms with van der Waals surface area (Å²) in [5, 5.41) is 26.0. The summed E-state index contributed by atoms with van der Waals surface area (Å²) in [6.45, 7) is 10.4. The standard InChI is InChI=1S/C32H39ClFN5O5/c1-16(2)28(39(31(43)44)32(4,5)6)30(42)37-20-9-7-19(8-10-20)36-26-21(17(3)40)15-35-25-12-11-24(38-27(25)26)18-13-22(33)29(41)23(34)14-18/h11-16,19-20,28,41H,7-10H2,1-6H3,(H,35,36)(H,37,42)(H,43,44)/t19-,20-,28?. The number of Topliss-reactive ketones (excluding diaryl/α,β-unsaturated/α-hetero) is 1. The lowest BCUT2D eigenvalue weighted by Gasteiger charge is -2.41. The third-order valence-corrected chi connectivity index (χ3v) is 8.22. The van der Waals surface area contributed by atoms with E-state index in [-0.39, 0.29) is 34.7 Å². The number of rotatable bonds is 8. The minimum Gasteiger partial charge on any atom is -0.504 e. The number of carbonyl (C=O) groups is 3. The number of aromatic hydroxyl groups is 1. The number of phenolic OH excluding ortho intramolecular Hbond substituents is 1. The van der Waals surface area contributed by atoms with Crippen LogP contribution in [0.25, 0.3) is 22.3 Å². The summed E-state index contributed by atoms with van der Waals surface area (Å²) < 4.78 is 14.2. The Balaban J connectivity index is 1.54. The van der Waals surface area contributed by atoms with Crippen molar-refractivity contribution >= 4 is 46.1 Å². The Hall–Kier alpha value is -3.99. The van der Waals surface area contributed by atoms with Gasteiger partial charge in [0.05, 0.1) is 27.5 Å². The molecule has 12 heteroatoms. The summed E-state index contributed by atoms with van der Waals surface area (Å²) in [7, 11) is 0. The maximum absolute atomic E-state index is 14.2. The summed E-state index contributed by atoms with van der Waals surface area (Å²) >= 11 is 6.00. The molecule has 1 unspecified atom stereocenters. The number of halogens is 2. The average Bonchev–Trinajstić information content (AvgIpc) is 2.93. The fourth-order valence-corrected chi connectivity index (χ4v) is 5.98. The first-order chi connectivity index (χ1) is 20.6. The van der Waals surface area contributed by atoms with Crippen LogP contribution < -0.4 is 10.6 Å². The van der Waals surface area contributed by atoms with Gasteiger partial charge in [0.1, 0.15) is 11.6 Å². The Morgan fingerprint density at radius 3 is 2.27 bits per heavy atom. The molecule has 0 radical (unpaired) electrons. The number of carbonyl (C=O) groups excluding carboxylic acids is 2. The highest BCUT2D eigenvalue weighted by atomic mass is 35.5. The van der Waals surface area contributed by atoms with E-state index in [1.54, 1.807) is 32.9 Å². The molecule has 0 saturated heterocycles. The van der Waals surface area contributed by atoms with Crippen molar-refractivity contribution in [1.29, 1.82) is 0 Å². The fourth-order valence-electron chi connectivity index (χ4n) is 5.77. The molecule has 236 valence electrons. The van der Waals surface area contributed by atoms with Crippen molar-refractivity contribution < 1.29 is 29.0 Å². The van der Waals surface area contributed by atoms with Gasteiger partial charge in [-0.15, -0.1) is 0 Å². The molecular weight excluding hydrogens is 589 g/mol. The van der Waals surface area contributed by atoms with E-state index in [1.165, 1.54) is 24.1 Å². The minimum atomic E-state index is -1.14. The van der Waals surface area contributed by atoms with E-state index < -0.39 is 29.2 Å². The van der Waals surface area contributed by atoms with Crippen molar-refractivity contribution in [2.75, 3.05) is 5.32 Å². The van der Waals surface area contributed by atoms with Crippen LogP contribution in [0.3, 0.4) is 0 Å². The number of phenols is 1. The lowest BCUT2D eigenvalue weighted by atomic mass is 9.89. The lowest BCUT2D eigenvalue weighted by Crippen LogP contribution is -2.60. The smallest absolute Gasteiger partial charge is 0.408 e. The van der Waals surface area contributed by atoms with E-state index in [2.05, 4.69) is 15.6 Å². The maximum atomic E-state index is 14.2. The van der Waals surface area contributed by atoms with Crippen LogP contribution in [0.2, 0.25) is 5.02 Å². The molecule has 2 aromatic heterocycles. The van der Waals surface area contributed by atoms with Gasteiger partial charge in [0.25, 0.3) is 0 Å². The average molecular weight is 628 g/mol. The van der Waals surface area contributed by atoms with Crippen molar-refractivity contribution in [2.24, 2.45) is 5.92 Å². The molecule has 4 N–H and O–H groups in total. The molecule has 4 rings (SSSR count). The highest BCUT2D eigenvalue weighted by Gasteiger charge is 2.40. The van der Waals surface area contributed by atoms with Crippen LogP contribution >= 0.6 is 11.6 Å². The fraction of sp³-hybridized carbons (Fsp3) is 0.469. The number of amides is 2. The normalized spacial score (nSPS) is 17.8. The Morgan fingerprint density at radius 2 is 1.73 bits per heavy atom. The molecule has 0 bridgehead atoms. The summed E-state index contributed by atoms with van der Waals surface area (Å²) in [5.74, 6) is -2.25. The number of nitrogens with one attached hydrogen (secondary N) is 2. The zero-order valence-corrected chi connectivity index (χ0v) is 26.5. The van der Waals surface area contributed by atoms with Crippen molar-refractivity contribution in [1.82, 2.24) is 20.2 Å². The molecule has 2 amide bonds. The summed E-state index contributed by atoms with van der Waals surface area (Å²) in [4.78, 5) is 48.4. The van der Waals surface area contributed by atoms with Crippen molar-refractivity contribution in [3.63, 3.8) is 0 Å². The first-order valence-corrected chi connectivity index (χ1v) is 15.0. The number of ketones is 1. The molecule has 1 saturated carbocycles. The second kappa shape index (κ2) is 12.9. The van der Waals surface area contributed by atoms with Crippen molar-refractivity contribution in [3.8, 4) is 17.0 Å². The molecule has 3 aromatic rings. The molecule has 10 nitrogen and oxygen atoms in total. The number of pyridine rings is 2. The topological polar surface area (TPSA) is 145 Å². The van der Waals surface area contributed by atoms with Gasteiger partial charge in [-0.2, -0.15) is 0 Å². The van der Waals surface area contributed by atoms with E-state index in [0.717, 1.165) is 6.07 Å². The molecule has 2 heterocycles. The van der Waals surface area contributed by atoms with Crippen molar-refractivity contribution in [3.05, 3.63) is 46.9 Å². The molecular formula is C32H39ClFN5O5. The predicted octanol–water partition coefficient (Wildman–Crippen LogP) is 6.64. The lowest BCUT2D eigenvalue weighted by molar-refractivity contribution is -0.130. The second-order valence-electron chi connectivity index (χ2n) is 12.7. The van der Waals surface area contributed by atoms with E-state index in [1.807, 2.05) is 13.8 Å². The van der Waals surface area contributed by atoms with Crippen LogP contribution in [0, 0.1) is 11.7 Å². The molecule has 44 heavy (non-hydrogen) atoms. The van der Waals surface area contributed by atoms with E-state index in [0.29, 0.717) is 59.2 Å². The van der Waals surface area contributed by atoms with E-state index in [4.69, 9.17) is 16.6 Å². The number of nitrogens with zero attached hydrogens (tertiary/aromatic N) is 3. The van der Waals surface area contributed by atoms with Gasteiger partial charge >= 0.3 is 6.09 Å². The zero-order chi connectivity index (χ0) is 32.5. The highest BCUT2D eigenvalue weighted by molar-refractivity contribution is 6.32. The van der Waals surface area contributed by atoms with Gasteiger partial charge in [-0.3, -0.25) is 19.5 Å². The Kier molecular flexibility index (Phi) is 9.68. The van der Waals surface area contributed by atoms with Crippen LogP contribution in [0.4, 0.5) is 14.9 Å². The minimum absolute atomic E-state index is 0.0381. The van der Waals surface area contributed by atoms with Crippen LogP contribution in [-0.4, -0.2) is 66.5 Å². The van der Waals surface area contributed by atoms with Gasteiger partial charge in [0.2, 0.25) is 5.91 Å². The summed E-state index contributed by atoms with van der Waals surface area (Å²) in [6.07, 6.45) is 3.03. The number of fused-ring (bicyclic) bond motifs is 1. The van der Waals surface area contributed by atoms with Gasteiger partial charge < -0.3 is 20.8 Å². The van der Waals surface area contributed by atoms with E-state index in [9.17, 15) is 29.0 Å². The van der Waals surface area contributed by atoms with Crippen molar-refractivity contribution in [2.45, 2.75) is 90.9 Å². The first-order valence-electron chi connectivity index (χ1n) is 14.7. The first kappa shape index (κ1) is 32.9. The number of anilines is 1. The zero-order valence-electron chi connectivity index (χ0n) is 25.7. The van der Waals surface area contributed by atoms with Gasteiger partial charge in [0, 0.05) is 29.4 Å². The third kappa shape index (κ3) is 7.04.